The Morgan fingerprint density at radius 1 is 1.00 bits per heavy atom. The topological polar surface area (TPSA) is 33.3 Å². The molecule has 4 rings (SSSR count). The first-order valence-electron chi connectivity index (χ1n) is 8.05. The number of thiocarbonyl (C=S) groups is 1. The van der Waals surface area contributed by atoms with Crippen molar-refractivity contribution in [2.24, 2.45) is 5.92 Å². The Morgan fingerprint density at radius 2 is 1.74 bits per heavy atom. The summed E-state index contributed by atoms with van der Waals surface area (Å²) in [5, 5.41) is 7.71. The fraction of sp³-hybridized carbons (Fsp3) is 0.316. The third-order valence-electron chi connectivity index (χ3n) is 5.04. The molecule has 1 aliphatic heterocycles. The van der Waals surface area contributed by atoms with Crippen molar-refractivity contribution < 1.29 is 4.74 Å². The molecule has 2 aromatic carbocycles. The maximum Gasteiger partial charge on any atom is 0.167 e. The second-order valence-electron chi connectivity index (χ2n) is 6.25. The Morgan fingerprint density at radius 3 is 2.52 bits per heavy atom. The summed E-state index contributed by atoms with van der Waals surface area (Å²) in [7, 11) is 1.70. The van der Waals surface area contributed by atoms with E-state index in [1.54, 1.807) is 7.11 Å². The zero-order chi connectivity index (χ0) is 15.8. The van der Waals surface area contributed by atoms with Crippen LogP contribution in [0.4, 0.5) is 0 Å². The van der Waals surface area contributed by atoms with E-state index < -0.39 is 0 Å². The van der Waals surface area contributed by atoms with Crippen molar-refractivity contribution >= 4 is 17.3 Å². The molecule has 3 unspecified atom stereocenters. The third-order valence-corrected chi connectivity index (χ3v) is 5.28. The van der Waals surface area contributed by atoms with E-state index in [0.717, 1.165) is 23.7 Å². The number of ether oxygens (including phenoxy) is 1. The number of hydrogen-bond donors (Lipinski definition) is 2. The fourth-order valence-corrected chi connectivity index (χ4v) is 4.16. The summed E-state index contributed by atoms with van der Waals surface area (Å²) in [6, 6.07) is 17.6. The van der Waals surface area contributed by atoms with E-state index in [1.807, 2.05) is 12.1 Å². The van der Waals surface area contributed by atoms with Gasteiger partial charge in [-0.3, -0.25) is 0 Å². The molecule has 4 heteroatoms. The van der Waals surface area contributed by atoms with Gasteiger partial charge in [0.2, 0.25) is 0 Å². The Hall–Kier alpha value is -2.07. The highest BCUT2D eigenvalue weighted by Crippen LogP contribution is 2.43. The number of fused-ring (bicyclic) bond motifs is 3. The van der Waals surface area contributed by atoms with Crippen molar-refractivity contribution in [2.75, 3.05) is 7.11 Å². The summed E-state index contributed by atoms with van der Waals surface area (Å²) in [4.78, 5) is 0. The molecular formula is C19H20N2OS. The fourth-order valence-electron chi connectivity index (χ4n) is 3.90. The van der Waals surface area contributed by atoms with Crippen molar-refractivity contribution in [3.8, 4) is 5.75 Å². The van der Waals surface area contributed by atoms with Crippen molar-refractivity contribution in [3.63, 3.8) is 0 Å². The van der Waals surface area contributed by atoms with Gasteiger partial charge in [0.05, 0.1) is 19.2 Å². The number of rotatable bonds is 2. The van der Waals surface area contributed by atoms with Crippen molar-refractivity contribution in [2.45, 2.75) is 24.9 Å². The van der Waals surface area contributed by atoms with Crippen LogP contribution in [0.5, 0.6) is 5.75 Å². The maximum atomic E-state index is 5.48. The summed E-state index contributed by atoms with van der Waals surface area (Å²) in [5.41, 5.74) is 4.11. The van der Waals surface area contributed by atoms with Crippen LogP contribution in [0.15, 0.2) is 48.5 Å². The molecule has 118 valence electrons. The molecule has 0 amide bonds. The Balaban J connectivity index is 1.70. The molecule has 0 radical (unpaired) electrons. The van der Waals surface area contributed by atoms with Gasteiger partial charge in [-0.25, -0.2) is 0 Å². The summed E-state index contributed by atoms with van der Waals surface area (Å²) in [5.74, 6) is 1.38. The molecule has 3 nitrogen and oxygen atoms in total. The van der Waals surface area contributed by atoms with Gasteiger partial charge >= 0.3 is 0 Å². The Bertz CT molecular complexity index is 728. The number of aryl methyl sites for hydroxylation is 1. The van der Waals surface area contributed by atoms with E-state index in [9.17, 15) is 0 Å². The minimum Gasteiger partial charge on any atom is -0.497 e. The first kappa shape index (κ1) is 14.5. The van der Waals surface area contributed by atoms with Crippen LogP contribution < -0.4 is 15.4 Å². The molecule has 1 saturated heterocycles. The lowest BCUT2D eigenvalue weighted by Crippen LogP contribution is -2.53. The molecule has 1 aliphatic carbocycles. The molecule has 0 saturated carbocycles. The van der Waals surface area contributed by atoms with Crippen molar-refractivity contribution in [1.29, 1.82) is 0 Å². The van der Waals surface area contributed by atoms with E-state index in [4.69, 9.17) is 17.0 Å². The van der Waals surface area contributed by atoms with E-state index in [0.29, 0.717) is 12.0 Å². The van der Waals surface area contributed by atoms with Crippen LogP contribution in [0.2, 0.25) is 0 Å². The second-order valence-corrected chi connectivity index (χ2v) is 6.66. The summed E-state index contributed by atoms with van der Waals surface area (Å²) in [6.45, 7) is 0. The summed E-state index contributed by atoms with van der Waals surface area (Å²) >= 11 is 5.48. The van der Waals surface area contributed by atoms with Gasteiger partial charge in [0.1, 0.15) is 5.75 Å². The van der Waals surface area contributed by atoms with Gasteiger partial charge in [-0.05, 0) is 53.9 Å². The summed E-state index contributed by atoms with van der Waals surface area (Å²) in [6.07, 6.45) is 2.28. The van der Waals surface area contributed by atoms with Crippen LogP contribution in [0.1, 0.15) is 35.2 Å². The summed E-state index contributed by atoms with van der Waals surface area (Å²) < 4.78 is 5.27. The first-order valence-corrected chi connectivity index (χ1v) is 8.46. The number of hydrogen-bond acceptors (Lipinski definition) is 2. The van der Waals surface area contributed by atoms with Crippen LogP contribution in [-0.4, -0.2) is 12.2 Å². The third kappa shape index (κ3) is 2.57. The van der Waals surface area contributed by atoms with Gasteiger partial charge in [-0.15, -0.1) is 0 Å². The lowest BCUT2D eigenvalue weighted by Gasteiger charge is -2.44. The Labute approximate surface area is 142 Å². The van der Waals surface area contributed by atoms with E-state index >= 15 is 0 Å². The van der Waals surface area contributed by atoms with Crippen LogP contribution in [0, 0.1) is 5.92 Å². The quantitative estimate of drug-likeness (QED) is 0.828. The predicted octanol–water partition coefficient (Wildman–Crippen LogP) is 3.52. The zero-order valence-electron chi connectivity index (χ0n) is 13.1. The molecule has 2 aromatic rings. The largest absolute Gasteiger partial charge is 0.497 e. The molecule has 2 aliphatic rings. The van der Waals surface area contributed by atoms with Gasteiger partial charge in [-0.1, -0.05) is 36.4 Å². The number of methoxy groups -OCH3 is 1. The predicted molar refractivity (Wildman–Crippen MR) is 95.6 cm³/mol. The molecule has 23 heavy (non-hydrogen) atoms. The van der Waals surface area contributed by atoms with E-state index in [-0.39, 0.29) is 6.04 Å². The van der Waals surface area contributed by atoms with Gasteiger partial charge in [-0.2, -0.15) is 0 Å². The van der Waals surface area contributed by atoms with Gasteiger partial charge in [0.15, 0.2) is 5.11 Å². The molecular weight excluding hydrogens is 304 g/mol. The second kappa shape index (κ2) is 5.85. The number of nitrogens with one attached hydrogen (secondary N) is 2. The molecule has 3 atom stereocenters. The lowest BCUT2D eigenvalue weighted by molar-refractivity contribution is 0.257. The average Bonchev–Trinajstić information content (AvgIpc) is 2.61. The standard InChI is InChI=1S/C19H20N2OS/c1-22-14-9-6-13(7-10-14)17-16-11-8-12-4-2-3-5-15(12)18(16)21-19(23)20-17/h2-7,9-10,16-18H,8,11H2,1H3,(H2,20,21,23). The molecule has 0 spiro atoms. The van der Waals surface area contributed by atoms with Gasteiger partial charge < -0.3 is 15.4 Å². The molecule has 0 bridgehead atoms. The minimum absolute atomic E-state index is 0.244. The normalized spacial score (nSPS) is 25.6. The molecule has 2 N–H and O–H groups in total. The zero-order valence-corrected chi connectivity index (χ0v) is 13.9. The highest BCUT2D eigenvalue weighted by Gasteiger charge is 2.39. The highest BCUT2D eigenvalue weighted by molar-refractivity contribution is 7.80. The van der Waals surface area contributed by atoms with Gasteiger partial charge in [0, 0.05) is 5.92 Å². The van der Waals surface area contributed by atoms with E-state index in [1.165, 1.54) is 16.7 Å². The minimum atomic E-state index is 0.244. The van der Waals surface area contributed by atoms with Crippen LogP contribution in [0.25, 0.3) is 0 Å². The molecule has 1 fully saturated rings. The van der Waals surface area contributed by atoms with Crippen molar-refractivity contribution in [3.05, 3.63) is 65.2 Å². The Kier molecular flexibility index (Phi) is 3.69. The van der Waals surface area contributed by atoms with Crippen molar-refractivity contribution in [1.82, 2.24) is 10.6 Å². The van der Waals surface area contributed by atoms with Crippen LogP contribution >= 0.6 is 12.2 Å². The lowest BCUT2D eigenvalue weighted by atomic mass is 9.73. The highest BCUT2D eigenvalue weighted by atomic mass is 32.1. The van der Waals surface area contributed by atoms with Crippen LogP contribution in [-0.2, 0) is 6.42 Å². The van der Waals surface area contributed by atoms with Crippen LogP contribution in [0.3, 0.4) is 0 Å². The maximum absolute atomic E-state index is 5.48. The first-order chi connectivity index (χ1) is 11.3. The average molecular weight is 324 g/mol. The van der Waals surface area contributed by atoms with Gasteiger partial charge in [0.25, 0.3) is 0 Å². The number of benzene rings is 2. The smallest absolute Gasteiger partial charge is 0.167 e. The molecule has 0 aromatic heterocycles. The molecule has 1 heterocycles. The monoisotopic (exact) mass is 324 g/mol. The SMILES string of the molecule is COc1ccc(C2NC(=S)NC3c4ccccc4CCC23)cc1. The van der Waals surface area contributed by atoms with E-state index in [2.05, 4.69) is 47.0 Å².